The molecule has 5 nitrogen and oxygen atoms in total. The monoisotopic (exact) mass is 661 g/mol. The van der Waals surface area contributed by atoms with Gasteiger partial charge in [0.25, 0.3) is 5.56 Å². The van der Waals surface area contributed by atoms with Crippen molar-refractivity contribution >= 4 is 72.2 Å². The Labute approximate surface area is 241 Å². The number of ether oxygens (including phenoxy) is 1. The summed E-state index contributed by atoms with van der Waals surface area (Å²) in [4.78, 5) is 18.4. The van der Waals surface area contributed by atoms with Crippen LogP contribution in [0.5, 0.6) is 5.75 Å². The van der Waals surface area contributed by atoms with E-state index in [0.717, 1.165) is 41.3 Å². The Hall–Kier alpha value is -2.19. The molecule has 3 aromatic carbocycles. The molecule has 4 aromatic rings. The molecule has 190 valence electrons. The molecule has 37 heavy (non-hydrogen) atoms. The predicted octanol–water partition coefficient (Wildman–Crippen LogP) is 8.74. The molecule has 0 aliphatic heterocycles. The van der Waals surface area contributed by atoms with E-state index in [1.807, 2.05) is 42.5 Å². The summed E-state index contributed by atoms with van der Waals surface area (Å²) in [6, 6.07) is 16.7. The fraction of sp³-hybridized carbons (Fsp3) is 0.250. The van der Waals surface area contributed by atoms with Crippen molar-refractivity contribution in [3.63, 3.8) is 0 Å². The Morgan fingerprint density at radius 2 is 1.78 bits per heavy atom. The maximum Gasteiger partial charge on any atom is 0.282 e. The van der Waals surface area contributed by atoms with Gasteiger partial charge in [-0.05, 0) is 82.4 Å². The number of fused-ring (bicyclic) bond motifs is 1. The van der Waals surface area contributed by atoms with E-state index in [1.54, 1.807) is 18.3 Å². The molecule has 0 unspecified atom stereocenters. The third-order valence-electron chi connectivity index (χ3n) is 6.44. The highest BCUT2D eigenvalue weighted by atomic mass is 79.9. The Morgan fingerprint density at radius 3 is 2.51 bits per heavy atom. The van der Waals surface area contributed by atoms with Gasteiger partial charge < -0.3 is 4.74 Å². The van der Waals surface area contributed by atoms with Crippen LogP contribution in [0.15, 0.2) is 73.4 Å². The Morgan fingerprint density at radius 1 is 1.03 bits per heavy atom. The number of halogens is 4. The Bertz CT molecular complexity index is 1510. The SMILES string of the molecule is O=c1c2cc(Br)ccc2nc(C2CCCCC2)n1N=Cc1cc(Cl)c(OCc2ccc(Cl)cc2)c(Br)c1. The van der Waals surface area contributed by atoms with Crippen molar-refractivity contribution in [3.05, 3.63) is 101 Å². The van der Waals surface area contributed by atoms with Gasteiger partial charge in [-0.3, -0.25) is 4.79 Å². The van der Waals surface area contributed by atoms with Crippen LogP contribution < -0.4 is 10.3 Å². The van der Waals surface area contributed by atoms with Crippen LogP contribution in [0.3, 0.4) is 0 Å². The fourth-order valence-corrected chi connectivity index (χ4v) is 6.03. The summed E-state index contributed by atoms with van der Waals surface area (Å²) in [6.07, 6.45) is 7.11. The quantitative estimate of drug-likeness (QED) is 0.194. The topological polar surface area (TPSA) is 56.5 Å². The molecule has 0 bridgehead atoms. The van der Waals surface area contributed by atoms with Gasteiger partial charge in [0.1, 0.15) is 12.4 Å². The van der Waals surface area contributed by atoms with Gasteiger partial charge in [0, 0.05) is 15.4 Å². The lowest BCUT2D eigenvalue weighted by Crippen LogP contribution is -2.25. The zero-order chi connectivity index (χ0) is 25.9. The van der Waals surface area contributed by atoms with Gasteiger partial charge >= 0.3 is 0 Å². The smallest absolute Gasteiger partial charge is 0.282 e. The van der Waals surface area contributed by atoms with Gasteiger partial charge in [-0.2, -0.15) is 9.78 Å². The summed E-state index contributed by atoms with van der Waals surface area (Å²) in [5.41, 5.74) is 2.21. The molecule has 1 aliphatic rings. The zero-order valence-electron chi connectivity index (χ0n) is 19.8. The normalized spacial score (nSPS) is 14.5. The van der Waals surface area contributed by atoms with Gasteiger partial charge in [-0.15, -0.1) is 0 Å². The molecule has 1 fully saturated rings. The number of rotatable bonds is 6. The number of nitrogens with zero attached hydrogens (tertiary/aromatic N) is 3. The van der Waals surface area contributed by atoms with Crippen LogP contribution in [-0.4, -0.2) is 15.9 Å². The van der Waals surface area contributed by atoms with Gasteiger partial charge in [-0.1, -0.05) is 70.5 Å². The molecular formula is C28H23Br2Cl2N3O2. The lowest BCUT2D eigenvalue weighted by molar-refractivity contribution is 0.304. The van der Waals surface area contributed by atoms with E-state index in [2.05, 4.69) is 37.0 Å². The van der Waals surface area contributed by atoms with E-state index in [4.69, 9.17) is 32.9 Å². The van der Waals surface area contributed by atoms with E-state index in [1.165, 1.54) is 11.1 Å². The zero-order valence-corrected chi connectivity index (χ0v) is 24.4. The highest BCUT2D eigenvalue weighted by molar-refractivity contribution is 9.10. The predicted molar refractivity (Wildman–Crippen MR) is 157 cm³/mol. The summed E-state index contributed by atoms with van der Waals surface area (Å²) in [5, 5.41) is 6.25. The van der Waals surface area contributed by atoms with Crippen LogP contribution in [0.2, 0.25) is 10.0 Å². The van der Waals surface area contributed by atoms with Gasteiger partial charge in [0.15, 0.2) is 5.75 Å². The first-order valence-corrected chi connectivity index (χ1v) is 14.4. The van der Waals surface area contributed by atoms with E-state index >= 15 is 0 Å². The second-order valence-corrected chi connectivity index (χ2v) is 11.7. The molecule has 0 radical (unpaired) electrons. The highest BCUT2D eigenvalue weighted by Gasteiger charge is 2.22. The summed E-state index contributed by atoms with van der Waals surface area (Å²) >= 11 is 19.6. The molecule has 0 N–H and O–H groups in total. The molecule has 1 saturated carbocycles. The summed E-state index contributed by atoms with van der Waals surface area (Å²) < 4.78 is 8.92. The van der Waals surface area contributed by atoms with Crippen molar-refractivity contribution in [2.45, 2.75) is 44.6 Å². The van der Waals surface area contributed by atoms with Crippen molar-refractivity contribution in [1.29, 1.82) is 0 Å². The van der Waals surface area contributed by atoms with Crippen molar-refractivity contribution in [2.75, 3.05) is 0 Å². The number of aromatic nitrogens is 2. The van der Waals surface area contributed by atoms with Crippen molar-refractivity contribution in [3.8, 4) is 5.75 Å². The second-order valence-electron chi connectivity index (χ2n) is 9.06. The van der Waals surface area contributed by atoms with Crippen LogP contribution in [0.25, 0.3) is 10.9 Å². The second kappa shape index (κ2) is 11.7. The number of hydrogen-bond donors (Lipinski definition) is 0. The summed E-state index contributed by atoms with van der Waals surface area (Å²) in [5.74, 6) is 1.44. The highest BCUT2D eigenvalue weighted by Crippen LogP contribution is 2.35. The van der Waals surface area contributed by atoms with E-state index in [0.29, 0.717) is 43.6 Å². The maximum atomic E-state index is 13.5. The van der Waals surface area contributed by atoms with Crippen LogP contribution in [-0.2, 0) is 6.61 Å². The third-order valence-corrected chi connectivity index (χ3v) is 8.06. The molecule has 0 spiro atoms. The van der Waals surface area contributed by atoms with Crippen LogP contribution >= 0.6 is 55.1 Å². The minimum Gasteiger partial charge on any atom is -0.486 e. The largest absolute Gasteiger partial charge is 0.486 e. The van der Waals surface area contributed by atoms with Crippen molar-refractivity contribution in [1.82, 2.24) is 9.66 Å². The molecule has 0 saturated heterocycles. The van der Waals surface area contributed by atoms with E-state index in [-0.39, 0.29) is 11.5 Å². The first-order valence-electron chi connectivity index (χ1n) is 12.0. The number of hydrogen-bond acceptors (Lipinski definition) is 4. The van der Waals surface area contributed by atoms with Crippen molar-refractivity contribution < 1.29 is 4.74 Å². The van der Waals surface area contributed by atoms with Gasteiger partial charge in [0.2, 0.25) is 0 Å². The molecular weight excluding hydrogens is 641 g/mol. The molecule has 1 heterocycles. The average Bonchev–Trinajstić information content (AvgIpc) is 2.89. The van der Waals surface area contributed by atoms with Crippen LogP contribution in [0.1, 0.15) is 55.0 Å². The first kappa shape index (κ1) is 26.4. The third kappa shape index (κ3) is 6.11. The molecule has 5 rings (SSSR count). The van der Waals surface area contributed by atoms with Crippen LogP contribution in [0.4, 0.5) is 0 Å². The standard InChI is InChI=1S/C28H23Br2Cl2N3O2/c29-20-8-11-25-22(14-20)28(36)35(27(34-25)19-4-2-1-3-5-19)33-15-18-12-23(30)26(24(32)13-18)37-16-17-6-9-21(31)10-7-17/h6-15,19H,1-5,16H2. The average molecular weight is 664 g/mol. The lowest BCUT2D eigenvalue weighted by atomic mass is 9.88. The van der Waals surface area contributed by atoms with Crippen LogP contribution in [0, 0.1) is 0 Å². The Kier molecular flexibility index (Phi) is 8.34. The lowest BCUT2D eigenvalue weighted by Gasteiger charge is -2.22. The first-order chi connectivity index (χ1) is 17.9. The minimum absolute atomic E-state index is 0.184. The fourth-order valence-electron chi connectivity index (χ4n) is 4.56. The molecule has 1 aliphatic carbocycles. The van der Waals surface area contributed by atoms with Crippen molar-refractivity contribution in [2.24, 2.45) is 5.10 Å². The Balaban J connectivity index is 1.47. The van der Waals surface area contributed by atoms with Gasteiger partial charge in [-0.25, -0.2) is 4.98 Å². The molecule has 9 heteroatoms. The molecule has 0 amide bonds. The maximum absolute atomic E-state index is 13.5. The summed E-state index contributed by atoms with van der Waals surface area (Å²) in [6.45, 7) is 0.349. The molecule has 1 aromatic heterocycles. The van der Waals surface area contributed by atoms with E-state index < -0.39 is 0 Å². The van der Waals surface area contributed by atoms with E-state index in [9.17, 15) is 4.79 Å². The minimum atomic E-state index is -0.184. The van der Waals surface area contributed by atoms with Gasteiger partial charge in [0.05, 0.1) is 26.6 Å². The number of benzene rings is 3. The molecule has 0 atom stereocenters. The summed E-state index contributed by atoms with van der Waals surface area (Å²) in [7, 11) is 0.